The van der Waals surface area contributed by atoms with Crippen molar-refractivity contribution in [2.45, 2.75) is 46.1 Å². The summed E-state index contributed by atoms with van der Waals surface area (Å²) in [5.74, 6) is 1.25. The lowest BCUT2D eigenvalue weighted by atomic mass is 9.96. The zero-order valence-electron chi connectivity index (χ0n) is 12.1. The summed E-state index contributed by atoms with van der Waals surface area (Å²) in [5.41, 5.74) is 5.74. The minimum atomic E-state index is -0.0871. The van der Waals surface area contributed by atoms with Crippen molar-refractivity contribution in [2.75, 3.05) is 26.2 Å². The Morgan fingerprint density at radius 2 is 1.83 bits per heavy atom. The highest BCUT2D eigenvalue weighted by atomic mass is 16.2. The molecule has 0 aliphatic carbocycles. The first kappa shape index (κ1) is 15.4. The van der Waals surface area contributed by atoms with Crippen LogP contribution < -0.4 is 11.1 Å². The molecule has 106 valence electrons. The third-order valence-corrected chi connectivity index (χ3v) is 3.97. The largest absolute Gasteiger partial charge is 0.341 e. The van der Waals surface area contributed by atoms with Crippen molar-refractivity contribution >= 4 is 5.91 Å². The normalized spacial score (nSPS) is 19.9. The van der Waals surface area contributed by atoms with E-state index in [9.17, 15) is 4.79 Å². The van der Waals surface area contributed by atoms with Crippen LogP contribution in [0.2, 0.25) is 0 Å². The van der Waals surface area contributed by atoms with Crippen LogP contribution in [0.3, 0.4) is 0 Å². The number of hydrogen-bond acceptors (Lipinski definition) is 3. The van der Waals surface area contributed by atoms with Gasteiger partial charge in [-0.05, 0) is 44.6 Å². The monoisotopic (exact) mass is 255 g/mol. The van der Waals surface area contributed by atoms with E-state index in [0.29, 0.717) is 18.4 Å². The maximum atomic E-state index is 12.2. The fourth-order valence-electron chi connectivity index (χ4n) is 2.39. The molecule has 0 aromatic carbocycles. The molecule has 1 saturated heterocycles. The zero-order valence-corrected chi connectivity index (χ0v) is 12.1. The Labute approximate surface area is 111 Å². The molecule has 2 unspecified atom stereocenters. The standard InChI is InChI=1S/C14H29N3O/c1-11(2)13(9-15)10-16-12(3)14(18)17-7-5-4-6-8-17/h11-13,16H,4-10,15H2,1-3H3. The topological polar surface area (TPSA) is 58.4 Å². The van der Waals surface area contributed by atoms with Crippen LogP contribution in [-0.2, 0) is 4.79 Å². The molecule has 1 fully saturated rings. The van der Waals surface area contributed by atoms with Crippen molar-refractivity contribution < 1.29 is 4.79 Å². The van der Waals surface area contributed by atoms with Crippen LogP contribution in [0.4, 0.5) is 0 Å². The first-order valence-corrected chi connectivity index (χ1v) is 7.28. The Morgan fingerprint density at radius 3 is 2.33 bits per heavy atom. The van der Waals surface area contributed by atoms with Gasteiger partial charge in [-0.25, -0.2) is 0 Å². The van der Waals surface area contributed by atoms with Gasteiger partial charge in [0.1, 0.15) is 0 Å². The number of carbonyl (C=O) groups excluding carboxylic acids is 1. The molecule has 4 nitrogen and oxygen atoms in total. The van der Waals surface area contributed by atoms with E-state index in [2.05, 4.69) is 19.2 Å². The SMILES string of the molecule is CC(NCC(CN)C(C)C)C(=O)N1CCCCC1. The van der Waals surface area contributed by atoms with E-state index in [4.69, 9.17) is 5.73 Å². The van der Waals surface area contributed by atoms with Gasteiger partial charge in [-0.1, -0.05) is 13.8 Å². The lowest BCUT2D eigenvalue weighted by Gasteiger charge is -2.30. The van der Waals surface area contributed by atoms with Crippen molar-refractivity contribution in [2.24, 2.45) is 17.6 Å². The van der Waals surface area contributed by atoms with E-state index >= 15 is 0 Å². The Bertz CT molecular complexity index is 249. The maximum absolute atomic E-state index is 12.2. The fraction of sp³-hybridized carbons (Fsp3) is 0.929. The molecule has 0 bridgehead atoms. The summed E-state index contributed by atoms with van der Waals surface area (Å²) in [6.07, 6.45) is 3.56. The van der Waals surface area contributed by atoms with E-state index in [0.717, 1.165) is 32.5 Å². The van der Waals surface area contributed by atoms with Crippen LogP contribution in [0.25, 0.3) is 0 Å². The molecule has 2 atom stereocenters. The van der Waals surface area contributed by atoms with Crippen LogP contribution in [-0.4, -0.2) is 43.0 Å². The maximum Gasteiger partial charge on any atom is 0.239 e. The third-order valence-electron chi connectivity index (χ3n) is 3.97. The quantitative estimate of drug-likeness (QED) is 0.750. The zero-order chi connectivity index (χ0) is 13.5. The average Bonchev–Trinajstić information content (AvgIpc) is 2.39. The number of rotatable bonds is 6. The van der Waals surface area contributed by atoms with Gasteiger partial charge >= 0.3 is 0 Å². The van der Waals surface area contributed by atoms with Gasteiger partial charge in [-0.3, -0.25) is 4.79 Å². The summed E-state index contributed by atoms with van der Waals surface area (Å²) < 4.78 is 0. The lowest BCUT2D eigenvalue weighted by Crippen LogP contribution is -2.48. The number of likely N-dealkylation sites (tertiary alicyclic amines) is 1. The molecule has 1 heterocycles. The van der Waals surface area contributed by atoms with Crippen LogP contribution in [0.5, 0.6) is 0 Å². The molecule has 4 heteroatoms. The average molecular weight is 255 g/mol. The summed E-state index contributed by atoms with van der Waals surface area (Å²) in [4.78, 5) is 14.2. The van der Waals surface area contributed by atoms with E-state index in [1.165, 1.54) is 6.42 Å². The van der Waals surface area contributed by atoms with Crippen LogP contribution in [0.1, 0.15) is 40.0 Å². The smallest absolute Gasteiger partial charge is 0.239 e. The molecule has 1 amide bonds. The number of hydrogen-bond donors (Lipinski definition) is 2. The molecular formula is C14H29N3O. The van der Waals surface area contributed by atoms with Gasteiger partial charge in [0.05, 0.1) is 6.04 Å². The number of carbonyl (C=O) groups is 1. The number of piperidine rings is 1. The van der Waals surface area contributed by atoms with Crippen LogP contribution in [0, 0.1) is 11.8 Å². The molecule has 0 spiro atoms. The van der Waals surface area contributed by atoms with Gasteiger partial charge in [0, 0.05) is 19.6 Å². The van der Waals surface area contributed by atoms with E-state index in [1.54, 1.807) is 0 Å². The highest BCUT2D eigenvalue weighted by Crippen LogP contribution is 2.11. The van der Waals surface area contributed by atoms with Gasteiger partial charge in [-0.15, -0.1) is 0 Å². The van der Waals surface area contributed by atoms with E-state index < -0.39 is 0 Å². The molecule has 0 aromatic rings. The predicted molar refractivity (Wildman–Crippen MR) is 75.3 cm³/mol. The summed E-state index contributed by atoms with van der Waals surface area (Å²) >= 11 is 0. The Kier molecular flexibility index (Phi) is 6.65. The van der Waals surface area contributed by atoms with E-state index in [1.807, 2.05) is 11.8 Å². The molecule has 0 aromatic heterocycles. The molecule has 1 aliphatic heterocycles. The lowest BCUT2D eigenvalue weighted by molar-refractivity contribution is -0.134. The first-order valence-electron chi connectivity index (χ1n) is 7.28. The summed E-state index contributed by atoms with van der Waals surface area (Å²) in [6.45, 7) is 9.67. The van der Waals surface area contributed by atoms with Crippen molar-refractivity contribution in [3.63, 3.8) is 0 Å². The molecule has 18 heavy (non-hydrogen) atoms. The van der Waals surface area contributed by atoms with Crippen molar-refractivity contribution in [1.29, 1.82) is 0 Å². The fourth-order valence-corrected chi connectivity index (χ4v) is 2.39. The Hall–Kier alpha value is -0.610. The summed E-state index contributed by atoms with van der Waals surface area (Å²) in [7, 11) is 0. The van der Waals surface area contributed by atoms with Gasteiger partial charge in [0.25, 0.3) is 0 Å². The first-order chi connectivity index (χ1) is 8.56. The molecule has 1 aliphatic rings. The molecule has 3 N–H and O–H groups in total. The second-order valence-electron chi connectivity index (χ2n) is 5.76. The summed E-state index contributed by atoms with van der Waals surface area (Å²) in [5, 5.41) is 3.34. The Morgan fingerprint density at radius 1 is 1.22 bits per heavy atom. The number of amides is 1. The highest BCUT2D eigenvalue weighted by molar-refractivity contribution is 5.81. The van der Waals surface area contributed by atoms with Gasteiger partial charge in [0.15, 0.2) is 0 Å². The van der Waals surface area contributed by atoms with Crippen molar-refractivity contribution in [3.8, 4) is 0 Å². The molecular weight excluding hydrogens is 226 g/mol. The van der Waals surface area contributed by atoms with Gasteiger partial charge in [-0.2, -0.15) is 0 Å². The number of nitrogens with two attached hydrogens (primary N) is 1. The van der Waals surface area contributed by atoms with Crippen LogP contribution >= 0.6 is 0 Å². The van der Waals surface area contributed by atoms with Gasteiger partial charge in [0.2, 0.25) is 5.91 Å². The van der Waals surface area contributed by atoms with E-state index in [-0.39, 0.29) is 11.9 Å². The van der Waals surface area contributed by atoms with Crippen molar-refractivity contribution in [1.82, 2.24) is 10.2 Å². The highest BCUT2D eigenvalue weighted by Gasteiger charge is 2.22. The Balaban J connectivity index is 2.34. The summed E-state index contributed by atoms with van der Waals surface area (Å²) in [6, 6.07) is -0.0871. The molecule has 0 radical (unpaired) electrons. The second-order valence-corrected chi connectivity index (χ2v) is 5.76. The predicted octanol–water partition coefficient (Wildman–Crippen LogP) is 1.21. The number of nitrogens with zero attached hydrogens (tertiary/aromatic N) is 1. The van der Waals surface area contributed by atoms with Crippen LogP contribution in [0.15, 0.2) is 0 Å². The molecule has 1 rings (SSSR count). The van der Waals surface area contributed by atoms with Gasteiger partial charge < -0.3 is 16.0 Å². The van der Waals surface area contributed by atoms with Crippen molar-refractivity contribution in [3.05, 3.63) is 0 Å². The minimum absolute atomic E-state index is 0.0871. The third kappa shape index (κ3) is 4.58. The second kappa shape index (κ2) is 7.74. The minimum Gasteiger partial charge on any atom is -0.341 e. The number of nitrogens with one attached hydrogen (secondary N) is 1. The molecule has 0 saturated carbocycles.